The Bertz CT molecular complexity index is 2500. The molecule has 5 N–H and O–H groups in total. The molecule has 5 rings (SSSR count). The highest BCUT2D eigenvalue weighted by molar-refractivity contribution is 9.10. The Morgan fingerprint density at radius 1 is 0.771 bits per heavy atom. The van der Waals surface area contributed by atoms with Gasteiger partial charge in [0.05, 0.1) is 11.6 Å². The lowest BCUT2D eigenvalue weighted by Gasteiger charge is -2.32. The van der Waals surface area contributed by atoms with E-state index in [0.29, 0.717) is 40.8 Å². The van der Waals surface area contributed by atoms with E-state index in [1.165, 1.54) is 28.3 Å². The lowest BCUT2D eigenvalue weighted by molar-refractivity contribution is -0.142. The van der Waals surface area contributed by atoms with Crippen LogP contribution in [0, 0.1) is 0 Å². The van der Waals surface area contributed by atoms with E-state index >= 15 is 4.79 Å². The van der Waals surface area contributed by atoms with Gasteiger partial charge in [0.25, 0.3) is 0 Å². The average molecular weight is 1050 g/mol. The summed E-state index contributed by atoms with van der Waals surface area (Å²) in [6.07, 6.45) is 3.25. The molecular formula is C51H69BrN8O9S. The van der Waals surface area contributed by atoms with Crippen LogP contribution in [0.4, 0.5) is 14.4 Å². The molecular weight excluding hydrogens is 981 g/mol. The zero-order valence-electron chi connectivity index (χ0n) is 42.0. The van der Waals surface area contributed by atoms with Crippen molar-refractivity contribution in [3.05, 3.63) is 88.2 Å². The first-order valence-corrected chi connectivity index (χ1v) is 25.2. The van der Waals surface area contributed by atoms with Crippen LogP contribution in [0.2, 0.25) is 0 Å². The van der Waals surface area contributed by atoms with Crippen LogP contribution in [-0.4, -0.2) is 106 Å². The monoisotopic (exact) mass is 1050 g/mol. The third-order valence-corrected chi connectivity index (χ3v) is 12.8. The highest BCUT2D eigenvalue weighted by Gasteiger charge is 2.35. The molecule has 380 valence electrons. The number of ether oxygens (including phenoxy) is 3. The third-order valence-electron chi connectivity index (χ3n) is 10.9. The normalized spacial score (nSPS) is 17.6. The molecule has 2 aromatic carbocycles. The molecule has 0 aliphatic carbocycles. The van der Waals surface area contributed by atoms with E-state index in [-0.39, 0.29) is 45.4 Å². The molecule has 3 heterocycles. The smallest absolute Gasteiger partial charge is 0.419 e. The summed E-state index contributed by atoms with van der Waals surface area (Å²) < 4.78 is 18.7. The maximum atomic E-state index is 15.1. The van der Waals surface area contributed by atoms with Gasteiger partial charge in [-0.1, -0.05) is 58.0 Å². The number of halogens is 1. The van der Waals surface area contributed by atoms with Crippen LogP contribution in [0.3, 0.4) is 0 Å². The van der Waals surface area contributed by atoms with Crippen LogP contribution in [-0.2, 0) is 48.1 Å². The molecule has 0 fully saturated rings. The number of nitrogens with one attached hydrogen (secondary N) is 5. The van der Waals surface area contributed by atoms with Gasteiger partial charge in [0.2, 0.25) is 17.7 Å². The van der Waals surface area contributed by atoms with Crippen molar-refractivity contribution in [1.29, 1.82) is 0 Å². The molecule has 3 atom stereocenters. The van der Waals surface area contributed by atoms with Gasteiger partial charge in [0, 0.05) is 66.8 Å². The number of rotatable bonds is 11. The van der Waals surface area contributed by atoms with E-state index in [9.17, 15) is 24.0 Å². The number of carbonyl (C=O) groups is 6. The van der Waals surface area contributed by atoms with Gasteiger partial charge >= 0.3 is 18.3 Å². The van der Waals surface area contributed by atoms with Gasteiger partial charge in [-0.25, -0.2) is 19.4 Å². The molecule has 0 spiro atoms. The summed E-state index contributed by atoms with van der Waals surface area (Å²) in [5.41, 5.74) is 0.623. The van der Waals surface area contributed by atoms with Gasteiger partial charge in [-0.05, 0) is 135 Å². The summed E-state index contributed by atoms with van der Waals surface area (Å²) in [6.45, 7) is 16.8. The summed E-state index contributed by atoms with van der Waals surface area (Å²) >= 11 is 5.13. The minimum Gasteiger partial charge on any atom is -0.444 e. The maximum Gasteiger partial charge on any atom is 0.419 e. The Balaban J connectivity index is 1.55. The van der Waals surface area contributed by atoms with Gasteiger partial charge in [0.15, 0.2) is 0 Å². The van der Waals surface area contributed by atoms with Crippen LogP contribution in [0.1, 0.15) is 111 Å². The summed E-state index contributed by atoms with van der Waals surface area (Å²) in [6, 6.07) is 13.7. The van der Waals surface area contributed by atoms with Gasteiger partial charge in [-0.3, -0.25) is 19.0 Å². The fourth-order valence-corrected chi connectivity index (χ4v) is 9.30. The second-order valence-electron chi connectivity index (χ2n) is 20.2. The average Bonchev–Trinajstić information content (AvgIpc) is 3.63. The molecule has 2 aromatic heterocycles. The molecule has 4 aromatic rings. The van der Waals surface area contributed by atoms with Crippen LogP contribution >= 0.6 is 27.7 Å². The second kappa shape index (κ2) is 24.4. The van der Waals surface area contributed by atoms with Crippen LogP contribution in [0.25, 0.3) is 10.9 Å². The first kappa shape index (κ1) is 55.3. The number of aromatic nitrogens is 2. The van der Waals surface area contributed by atoms with Crippen molar-refractivity contribution in [2.75, 3.05) is 20.1 Å². The Kier molecular flexibility index (Phi) is 19.3. The van der Waals surface area contributed by atoms with Gasteiger partial charge in [-0.2, -0.15) is 0 Å². The number of nitrogens with zero attached hydrogens (tertiary/aromatic N) is 3. The van der Waals surface area contributed by atoms with Crippen LogP contribution < -0.4 is 26.6 Å². The van der Waals surface area contributed by atoms with E-state index in [1.807, 2.05) is 42.5 Å². The van der Waals surface area contributed by atoms with Crippen molar-refractivity contribution in [1.82, 2.24) is 41.0 Å². The van der Waals surface area contributed by atoms with Crippen molar-refractivity contribution in [2.24, 2.45) is 0 Å². The summed E-state index contributed by atoms with van der Waals surface area (Å²) in [5, 5.41) is 16.4. The second-order valence-corrected chi connectivity index (χ2v) is 22.1. The predicted octanol–water partition coefficient (Wildman–Crippen LogP) is 8.38. The number of hydrogen-bond acceptors (Lipinski definition) is 12. The number of amides is 5. The quantitative estimate of drug-likeness (QED) is 0.0709. The number of likely N-dealkylation sites (N-methyl/N-ethyl adjacent to an activating group) is 1. The standard InChI is InChI=1S/C51H69BrN8O9S/c1-49(2,3)67-46(64)54-25-14-13-21-38-45(63)59(10)40(28-33-31-60(48(66)69-51(7,8)9)39-23-12-11-19-34(33)39)43(62)57-30-35-36(52)20-15-24-41(35)70-44-32(18-16-26-53-44)29-56-37(42(61)58-38)22-17-27-55-47(65)68-50(4,5)6/h11-12,15-16,18-20,23-24,26,31,37-38,40,56H,13-14,17,21-22,25,27-30H2,1-10H3,(H,54,64)(H,55,65)(H,57,62)(H,58,61). The first-order valence-electron chi connectivity index (χ1n) is 23.6. The number of hydrogen-bond donors (Lipinski definition) is 5. The molecule has 70 heavy (non-hydrogen) atoms. The number of pyridine rings is 1. The fourth-order valence-electron chi connectivity index (χ4n) is 7.62. The van der Waals surface area contributed by atoms with E-state index < -0.39 is 70.9 Å². The Morgan fingerprint density at radius 2 is 1.41 bits per heavy atom. The highest BCUT2D eigenvalue weighted by atomic mass is 79.9. The largest absolute Gasteiger partial charge is 0.444 e. The Morgan fingerprint density at radius 3 is 2.09 bits per heavy atom. The lowest BCUT2D eigenvalue weighted by Crippen LogP contribution is -2.57. The molecule has 0 saturated heterocycles. The number of unbranched alkanes of at least 4 members (excludes halogenated alkanes) is 1. The number of carbonyl (C=O) groups excluding carboxylic acids is 6. The predicted molar refractivity (Wildman–Crippen MR) is 272 cm³/mol. The zero-order valence-corrected chi connectivity index (χ0v) is 44.4. The fraction of sp³-hybridized carbons (Fsp3) is 0.510. The first-order chi connectivity index (χ1) is 32.9. The number of fused-ring (bicyclic) bond motifs is 3. The minimum atomic E-state index is -1.14. The van der Waals surface area contributed by atoms with Crippen molar-refractivity contribution in [3.63, 3.8) is 0 Å². The molecule has 3 unspecified atom stereocenters. The van der Waals surface area contributed by atoms with Crippen molar-refractivity contribution in [2.45, 2.75) is 159 Å². The molecule has 0 saturated carbocycles. The maximum absolute atomic E-state index is 15.1. The van der Waals surface area contributed by atoms with Crippen molar-refractivity contribution in [3.8, 4) is 0 Å². The lowest BCUT2D eigenvalue weighted by atomic mass is 10.0. The topological polar surface area (TPSA) is 211 Å². The van der Waals surface area contributed by atoms with E-state index in [1.54, 1.807) is 86.8 Å². The molecule has 0 bridgehead atoms. The third kappa shape index (κ3) is 16.7. The van der Waals surface area contributed by atoms with E-state index in [4.69, 9.17) is 19.2 Å². The molecule has 1 aliphatic heterocycles. The minimum absolute atomic E-state index is 0.00541. The van der Waals surface area contributed by atoms with Gasteiger partial charge in [0.1, 0.15) is 33.9 Å². The zero-order chi connectivity index (χ0) is 51.4. The van der Waals surface area contributed by atoms with Crippen LogP contribution in [0.5, 0.6) is 0 Å². The van der Waals surface area contributed by atoms with Gasteiger partial charge in [-0.15, -0.1) is 0 Å². The number of alkyl carbamates (subject to hydrolysis) is 2. The molecule has 19 heteroatoms. The van der Waals surface area contributed by atoms with Crippen LogP contribution in [0.15, 0.2) is 81.4 Å². The van der Waals surface area contributed by atoms with E-state index in [2.05, 4.69) is 42.5 Å². The van der Waals surface area contributed by atoms with Gasteiger partial charge < -0.3 is 45.7 Å². The Hall–Kier alpha value is -5.66. The SMILES string of the molecule is CN1C(=O)C(CCCCNC(=O)OC(C)(C)C)NC(=O)C(CCCNC(=O)OC(C)(C)C)NCc2cccnc2Sc2cccc(Br)c2CNC(=O)C1Cc1cn(C(=O)OC(C)(C)C)c2ccccc12. The summed E-state index contributed by atoms with van der Waals surface area (Å²) in [7, 11) is 1.54. The summed E-state index contributed by atoms with van der Waals surface area (Å²) in [5.74, 6) is -1.46. The van der Waals surface area contributed by atoms with Crippen molar-refractivity contribution >= 4 is 74.6 Å². The highest BCUT2D eigenvalue weighted by Crippen LogP contribution is 2.35. The number of para-hydroxylation sites is 1. The van der Waals surface area contributed by atoms with Crippen molar-refractivity contribution < 1.29 is 43.0 Å². The Labute approximate surface area is 423 Å². The molecule has 17 nitrogen and oxygen atoms in total. The molecule has 1 aliphatic rings. The summed E-state index contributed by atoms with van der Waals surface area (Å²) in [4.78, 5) is 90.0. The molecule has 5 amide bonds. The van der Waals surface area contributed by atoms with E-state index in [0.717, 1.165) is 20.5 Å². The number of benzene rings is 2. The molecule has 0 radical (unpaired) electrons.